The molecular weight excluding hydrogens is 382 g/mol. The van der Waals surface area contributed by atoms with E-state index in [-0.39, 0.29) is 24.4 Å². The van der Waals surface area contributed by atoms with Crippen LogP contribution in [0.15, 0.2) is 4.52 Å². The van der Waals surface area contributed by atoms with Gasteiger partial charge < -0.3 is 24.8 Å². The normalized spacial score (nSPS) is 18.3. The van der Waals surface area contributed by atoms with Crippen molar-refractivity contribution in [3.63, 3.8) is 0 Å². The minimum Gasteiger partial charge on any atom is -0.550 e. The number of carboxylic acids is 1. The second kappa shape index (κ2) is 10.2. The Balaban J connectivity index is 2.01. The van der Waals surface area contributed by atoms with Gasteiger partial charge in [0, 0.05) is 17.4 Å². The fourth-order valence-corrected chi connectivity index (χ4v) is 4.68. The maximum absolute atomic E-state index is 11.3. The molecule has 7 heteroatoms. The highest BCUT2D eigenvalue weighted by Gasteiger charge is 2.41. The second-order valence-electron chi connectivity index (χ2n) is 10.7. The summed E-state index contributed by atoms with van der Waals surface area (Å²) in [5.74, 6) is -0.593. The molecule has 1 aliphatic carbocycles. The third-order valence-electron chi connectivity index (χ3n) is 6.98. The molecule has 0 saturated heterocycles. The van der Waals surface area contributed by atoms with Crippen LogP contribution in [0.1, 0.15) is 110 Å². The third kappa shape index (κ3) is 6.77. The number of aliphatic hydroxyl groups excluding tert-OH is 1. The van der Waals surface area contributed by atoms with Gasteiger partial charge in [0.15, 0.2) is 5.82 Å². The summed E-state index contributed by atoms with van der Waals surface area (Å²) in [6.07, 6.45) is 8.99. The van der Waals surface area contributed by atoms with Crippen LogP contribution in [0.25, 0.3) is 0 Å². The maximum Gasteiger partial charge on any atom is 0.230 e. The van der Waals surface area contributed by atoms with Crippen molar-refractivity contribution in [2.45, 2.75) is 110 Å². The van der Waals surface area contributed by atoms with Gasteiger partial charge in [-0.2, -0.15) is 4.98 Å². The molecule has 1 atom stereocenters. The van der Waals surface area contributed by atoms with E-state index < -0.39 is 11.5 Å². The summed E-state index contributed by atoms with van der Waals surface area (Å²) in [5, 5.41) is 27.8. The van der Waals surface area contributed by atoms with Crippen molar-refractivity contribution in [2.24, 2.45) is 10.8 Å². The van der Waals surface area contributed by atoms with E-state index in [1.165, 1.54) is 32.1 Å². The van der Waals surface area contributed by atoms with E-state index in [0.717, 1.165) is 12.8 Å². The van der Waals surface area contributed by atoms with E-state index in [9.17, 15) is 15.0 Å². The van der Waals surface area contributed by atoms with Crippen LogP contribution in [0.3, 0.4) is 0 Å². The molecule has 1 unspecified atom stereocenters. The molecule has 1 aromatic rings. The standard InChI is InChI=1S/C23H41N3O4/c1-21(2,3)23(11-7-6-8-12-23)13-9-10-17(14-19(28)29)20-25-18(26-30-20)15-24-22(4,5)16-27/h17,24,27H,6-16H2,1-5H3,(H,28,29)/p-1. The Morgan fingerprint density at radius 1 is 1.23 bits per heavy atom. The number of aromatic nitrogens is 2. The lowest BCUT2D eigenvalue weighted by molar-refractivity contribution is -0.306. The summed E-state index contributed by atoms with van der Waals surface area (Å²) in [5.41, 5.74) is 0.101. The summed E-state index contributed by atoms with van der Waals surface area (Å²) in [4.78, 5) is 15.8. The van der Waals surface area contributed by atoms with Crippen LogP contribution < -0.4 is 10.4 Å². The third-order valence-corrected chi connectivity index (χ3v) is 6.98. The maximum atomic E-state index is 11.3. The van der Waals surface area contributed by atoms with Crippen LogP contribution >= 0.6 is 0 Å². The highest BCUT2D eigenvalue weighted by molar-refractivity contribution is 5.65. The van der Waals surface area contributed by atoms with Crippen LogP contribution in [-0.2, 0) is 11.3 Å². The Hall–Kier alpha value is -1.47. The molecule has 2 rings (SSSR count). The summed E-state index contributed by atoms with van der Waals surface area (Å²) >= 11 is 0. The molecule has 1 fully saturated rings. The van der Waals surface area contributed by atoms with Crippen molar-refractivity contribution in [3.8, 4) is 0 Å². The van der Waals surface area contributed by atoms with Crippen molar-refractivity contribution in [3.05, 3.63) is 11.7 Å². The monoisotopic (exact) mass is 422 g/mol. The number of carboxylic acid groups (broad SMARTS) is 1. The molecule has 0 aromatic carbocycles. The summed E-state index contributed by atoms with van der Waals surface area (Å²) in [6, 6.07) is 0. The molecule has 7 nitrogen and oxygen atoms in total. The van der Waals surface area contributed by atoms with Crippen molar-refractivity contribution < 1.29 is 19.5 Å². The predicted molar refractivity (Wildman–Crippen MR) is 113 cm³/mol. The Labute approximate surface area is 181 Å². The lowest BCUT2D eigenvalue weighted by Crippen LogP contribution is -2.42. The van der Waals surface area contributed by atoms with Gasteiger partial charge >= 0.3 is 0 Å². The van der Waals surface area contributed by atoms with E-state index in [1.807, 2.05) is 13.8 Å². The largest absolute Gasteiger partial charge is 0.550 e. The van der Waals surface area contributed by atoms with Crippen LogP contribution in [0.2, 0.25) is 0 Å². The van der Waals surface area contributed by atoms with E-state index in [2.05, 4.69) is 36.2 Å². The average Bonchev–Trinajstić information content (AvgIpc) is 3.14. The molecule has 2 N–H and O–H groups in total. The highest BCUT2D eigenvalue weighted by atomic mass is 16.5. The van der Waals surface area contributed by atoms with E-state index in [1.54, 1.807) is 0 Å². The first-order valence-electron chi connectivity index (χ1n) is 11.4. The lowest BCUT2D eigenvalue weighted by atomic mass is 9.57. The minimum absolute atomic E-state index is 0.0133. The molecule has 30 heavy (non-hydrogen) atoms. The highest BCUT2D eigenvalue weighted by Crippen LogP contribution is 2.53. The zero-order valence-electron chi connectivity index (χ0n) is 19.4. The second-order valence-corrected chi connectivity index (χ2v) is 10.7. The molecule has 1 aromatic heterocycles. The van der Waals surface area contributed by atoms with Gasteiger partial charge in [-0.3, -0.25) is 0 Å². The zero-order valence-corrected chi connectivity index (χ0v) is 19.4. The van der Waals surface area contributed by atoms with Crippen molar-refractivity contribution >= 4 is 5.97 Å². The van der Waals surface area contributed by atoms with Crippen LogP contribution in [0, 0.1) is 10.8 Å². The smallest absolute Gasteiger partial charge is 0.230 e. The molecule has 1 heterocycles. The summed E-state index contributed by atoms with van der Waals surface area (Å²) in [7, 11) is 0. The van der Waals surface area contributed by atoms with Crippen molar-refractivity contribution in [2.75, 3.05) is 6.61 Å². The Kier molecular flexibility index (Phi) is 8.45. The Morgan fingerprint density at radius 3 is 2.47 bits per heavy atom. The first kappa shape index (κ1) is 24.8. The number of hydrogen-bond acceptors (Lipinski definition) is 7. The summed E-state index contributed by atoms with van der Waals surface area (Å²) < 4.78 is 5.41. The van der Waals surface area contributed by atoms with Crippen LogP contribution in [-0.4, -0.2) is 33.4 Å². The first-order valence-corrected chi connectivity index (χ1v) is 11.4. The van der Waals surface area contributed by atoms with Crippen molar-refractivity contribution in [1.82, 2.24) is 15.5 Å². The van der Waals surface area contributed by atoms with Gasteiger partial charge in [0.2, 0.25) is 5.89 Å². The number of nitrogens with zero attached hydrogens (tertiary/aromatic N) is 2. The molecule has 1 saturated carbocycles. The van der Waals surface area contributed by atoms with E-state index in [0.29, 0.717) is 30.1 Å². The summed E-state index contributed by atoms with van der Waals surface area (Å²) in [6.45, 7) is 11.1. The fraction of sp³-hybridized carbons (Fsp3) is 0.870. The molecule has 0 spiro atoms. The predicted octanol–water partition coefficient (Wildman–Crippen LogP) is 3.32. The van der Waals surface area contributed by atoms with Crippen molar-refractivity contribution in [1.29, 1.82) is 0 Å². The van der Waals surface area contributed by atoms with Gasteiger partial charge in [0.25, 0.3) is 0 Å². The number of rotatable bonds is 11. The van der Waals surface area contributed by atoms with Gasteiger partial charge in [-0.1, -0.05) is 51.6 Å². The molecule has 172 valence electrons. The lowest BCUT2D eigenvalue weighted by Gasteiger charge is -2.48. The SMILES string of the molecule is CC(C)(CO)NCc1noc(C(CCCC2(C(C)(C)C)CCCCC2)CC(=O)[O-])n1. The van der Waals surface area contributed by atoms with Crippen LogP contribution in [0.5, 0.6) is 0 Å². The quantitative estimate of drug-likeness (QED) is 0.562. The molecule has 1 aliphatic rings. The Bertz CT molecular complexity index is 672. The molecule has 0 amide bonds. The van der Waals surface area contributed by atoms with Crippen LogP contribution in [0.4, 0.5) is 0 Å². The molecule has 0 aliphatic heterocycles. The number of aliphatic carboxylic acids is 1. The Morgan fingerprint density at radius 2 is 1.90 bits per heavy atom. The van der Waals surface area contributed by atoms with Gasteiger partial charge in [-0.05, 0) is 56.8 Å². The zero-order chi connectivity index (χ0) is 22.4. The van der Waals surface area contributed by atoms with E-state index >= 15 is 0 Å². The average molecular weight is 423 g/mol. The van der Waals surface area contributed by atoms with Gasteiger partial charge in [-0.15, -0.1) is 0 Å². The number of hydrogen-bond donors (Lipinski definition) is 2. The number of nitrogens with one attached hydrogen (secondary N) is 1. The number of carbonyl (C=O) groups excluding carboxylic acids is 1. The van der Waals surface area contributed by atoms with Gasteiger partial charge in [0.1, 0.15) is 0 Å². The number of carbonyl (C=O) groups is 1. The first-order chi connectivity index (χ1) is 14.0. The molecule has 0 radical (unpaired) electrons. The molecule has 0 bridgehead atoms. The topological polar surface area (TPSA) is 111 Å². The van der Waals surface area contributed by atoms with E-state index in [4.69, 9.17) is 4.52 Å². The van der Waals surface area contributed by atoms with Gasteiger partial charge in [-0.25, -0.2) is 0 Å². The fourth-order valence-electron chi connectivity index (χ4n) is 4.68. The molecular formula is C23H40N3O4-. The minimum atomic E-state index is -1.09. The number of aliphatic hydroxyl groups is 1. The van der Waals surface area contributed by atoms with Gasteiger partial charge in [0.05, 0.1) is 13.2 Å².